The normalized spacial score (nSPS) is 14.1. The summed E-state index contributed by atoms with van der Waals surface area (Å²) in [6, 6.07) is -0.660. The molecule has 0 aromatic carbocycles. The smallest absolute Gasteiger partial charge is 0.327 e. The zero-order valence-corrected chi connectivity index (χ0v) is 11.1. The Kier molecular flexibility index (Phi) is 3.70. The van der Waals surface area contributed by atoms with E-state index in [4.69, 9.17) is 5.11 Å². The van der Waals surface area contributed by atoms with E-state index in [0.29, 0.717) is 5.69 Å². The molecular weight excluding hydrogens is 224 g/mol. The summed E-state index contributed by atoms with van der Waals surface area (Å²) in [5, 5.41) is 11.9. The van der Waals surface area contributed by atoms with E-state index in [-0.39, 0.29) is 5.41 Å². The largest absolute Gasteiger partial charge is 0.480 e. The number of aliphatic carboxylic acids is 1. The molecule has 1 heterocycles. The van der Waals surface area contributed by atoms with Crippen molar-refractivity contribution in [2.45, 2.75) is 32.2 Å². The molecule has 1 aromatic heterocycles. The van der Waals surface area contributed by atoms with Gasteiger partial charge in [0.15, 0.2) is 6.04 Å². The second-order valence-corrected chi connectivity index (χ2v) is 5.89. The van der Waals surface area contributed by atoms with Crippen molar-refractivity contribution in [3.63, 3.8) is 0 Å². The van der Waals surface area contributed by atoms with Crippen LogP contribution in [0.2, 0.25) is 0 Å². The Balaban J connectivity index is 3.04. The predicted molar refractivity (Wildman–Crippen MR) is 64.9 cm³/mol. The van der Waals surface area contributed by atoms with Crippen molar-refractivity contribution in [1.82, 2.24) is 9.88 Å². The molecule has 1 atom stereocenters. The summed E-state index contributed by atoms with van der Waals surface area (Å²) >= 11 is 1.52. The number of likely N-dealkylation sites (N-methyl/N-ethyl adjacent to an activating group) is 1. The lowest BCUT2D eigenvalue weighted by Crippen LogP contribution is -2.28. The lowest BCUT2D eigenvalue weighted by atomic mass is 9.98. The Labute approximate surface area is 99.9 Å². The van der Waals surface area contributed by atoms with E-state index >= 15 is 0 Å². The second-order valence-electron chi connectivity index (χ2n) is 5.03. The first kappa shape index (κ1) is 13.1. The monoisotopic (exact) mass is 242 g/mol. The molecule has 0 bridgehead atoms. The molecule has 0 fully saturated rings. The van der Waals surface area contributed by atoms with Crippen LogP contribution in [0.25, 0.3) is 0 Å². The molecule has 1 aromatic rings. The molecule has 0 aliphatic carbocycles. The summed E-state index contributed by atoms with van der Waals surface area (Å²) in [5.74, 6) is -0.865. The molecule has 5 heteroatoms. The van der Waals surface area contributed by atoms with Crippen LogP contribution >= 0.6 is 11.3 Å². The van der Waals surface area contributed by atoms with Gasteiger partial charge in [-0.05, 0) is 14.1 Å². The number of carboxylic acid groups (broad SMARTS) is 1. The average molecular weight is 242 g/mol. The highest BCUT2D eigenvalue weighted by Gasteiger charge is 2.27. The Bertz CT molecular complexity index is 380. The van der Waals surface area contributed by atoms with Crippen LogP contribution in [0, 0.1) is 0 Å². The molecular formula is C11H18N2O2S. The number of thiazole rings is 1. The second kappa shape index (κ2) is 4.51. The van der Waals surface area contributed by atoms with Gasteiger partial charge < -0.3 is 5.11 Å². The van der Waals surface area contributed by atoms with Gasteiger partial charge in [0.05, 0.1) is 10.7 Å². The third-order valence-corrected chi connectivity index (χ3v) is 3.48. The molecule has 1 rings (SSSR count). The molecule has 1 N–H and O–H groups in total. The Morgan fingerprint density at radius 1 is 1.50 bits per heavy atom. The van der Waals surface area contributed by atoms with Crippen LogP contribution in [-0.4, -0.2) is 35.1 Å². The quantitative estimate of drug-likeness (QED) is 0.882. The molecule has 0 amide bonds. The summed E-state index contributed by atoms with van der Waals surface area (Å²) in [6.45, 7) is 6.21. The molecule has 0 spiro atoms. The molecule has 16 heavy (non-hydrogen) atoms. The fraction of sp³-hybridized carbons (Fsp3) is 0.636. The van der Waals surface area contributed by atoms with Crippen LogP contribution in [0.5, 0.6) is 0 Å². The van der Waals surface area contributed by atoms with E-state index in [1.54, 1.807) is 19.0 Å². The van der Waals surface area contributed by atoms with Gasteiger partial charge in [0.2, 0.25) is 0 Å². The van der Waals surface area contributed by atoms with Crippen molar-refractivity contribution in [2.24, 2.45) is 0 Å². The van der Waals surface area contributed by atoms with Crippen LogP contribution in [-0.2, 0) is 10.2 Å². The van der Waals surface area contributed by atoms with Gasteiger partial charge in [0.1, 0.15) is 0 Å². The van der Waals surface area contributed by atoms with E-state index in [1.165, 1.54) is 11.3 Å². The molecule has 0 aliphatic rings. The van der Waals surface area contributed by atoms with Gasteiger partial charge in [-0.3, -0.25) is 9.69 Å². The average Bonchev–Trinajstić information content (AvgIpc) is 2.50. The number of rotatable bonds is 3. The van der Waals surface area contributed by atoms with Crippen LogP contribution in [0.3, 0.4) is 0 Å². The number of nitrogens with zero attached hydrogens (tertiary/aromatic N) is 2. The van der Waals surface area contributed by atoms with Crippen molar-refractivity contribution in [1.29, 1.82) is 0 Å². The molecule has 0 aliphatic heterocycles. The molecule has 0 radical (unpaired) electrons. The SMILES string of the molecule is CN(C)C(C(=O)O)c1csc(C(C)(C)C)n1. The number of carboxylic acids is 1. The standard InChI is InChI=1S/C11H18N2O2S/c1-11(2,3)10-12-7(6-16-10)8(9(14)15)13(4)5/h6,8H,1-5H3,(H,14,15). The van der Waals surface area contributed by atoms with Crippen molar-refractivity contribution >= 4 is 17.3 Å². The van der Waals surface area contributed by atoms with Gasteiger partial charge in [-0.25, -0.2) is 4.98 Å². The maximum Gasteiger partial charge on any atom is 0.327 e. The number of hydrogen-bond acceptors (Lipinski definition) is 4. The van der Waals surface area contributed by atoms with E-state index in [1.807, 2.05) is 5.38 Å². The van der Waals surface area contributed by atoms with Crippen molar-refractivity contribution in [3.05, 3.63) is 16.1 Å². The lowest BCUT2D eigenvalue weighted by molar-refractivity contribution is -0.142. The molecule has 0 saturated carbocycles. The van der Waals surface area contributed by atoms with Gasteiger partial charge in [0, 0.05) is 10.8 Å². The number of hydrogen-bond donors (Lipinski definition) is 1. The highest BCUT2D eigenvalue weighted by Crippen LogP contribution is 2.29. The summed E-state index contributed by atoms with van der Waals surface area (Å²) in [7, 11) is 3.49. The van der Waals surface area contributed by atoms with Gasteiger partial charge in [-0.2, -0.15) is 0 Å². The van der Waals surface area contributed by atoms with Crippen LogP contribution in [0.1, 0.15) is 37.5 Å². The Morgan fingerprint density at radius 3 is 2.38 bits per heavy atom. The summed E-state index contributed by atoms with van der Waals surface area (Å²) in [5.41, 5.74) is 0.589. The fourth-order valence-electron chi connectivity index (χ4n) is 1.37. The third-order valence-electron chi connectivity index (χ3n) is 2.19. The zero-order chi connectivity index (χ0) is 12.5. The minimum atomic E-state index is -0.865. The minimum Gasteiger partial charge on any atom is -0.480 e. The van der Waals surface area contributed by atoms with Crippen LogP contribution < -0.4 is 0 Å². The number of aromatic nitrogens is 1. The maximum atomic E-state index is 11.1. The molecule has 0 saturated heterocycles. The lowest BCUT2D eigenvalue weighted by Gasteiger charge is -2.18. The van der Waals surface area contributed by atoms with Gasteiger partial charge in [-0.1, -0.05) is 20.8 Å². The molecule has 1 unspecified atom stereocenters. The van der Waals surface area contributed by atoms with E-state index in [2.05, 4.69) is 25.8 Å². The summed E-state index contributed by atoms with van der Waals surface area (Å²) < 4.78 is 0. The highest BCUT2D eigenvalue weighted by atomic mass is 32.1. The van der Waals surface area contributed by atoms with Gasteiger partial charge in [-0.15, -0.1) is 11.3 Å². The van der Waals surface area contributed by atoms with E-state index in [9.17, 15) is 4.79 Å². The van der Waals surface area contributed by atoms with Crippen molar-refractivity contribution in [2.75, 3.05) is 14.1 Å². The predicted octanol–water partition coefficient (Wildman–Crippen LogP) is 2.13. The van der Waals surface area contributed by atoms with Crippen LogP contribution in [0.15, 0.2) is 5.38 Å². The first-order chi connectivity index (χ1) is 7.23. The van der Waals surface area contributed by atoms with Crippen LogP contribution in [0.4, 0.5) is 0 Å². The molecule has 4 nitrogen and oxygen atoms in total. The summed E-state index contributed by atoms with van der Waals surface area (Å²) in [4.78, 5) is 17.2. The number of carbonyl (C=O) groups is 1. The van der Waals surface area contributed by atoms with E-state index < -0.39 is 12.0 Å². The molecule has 90 valence electrons. The topological polar surface area (TPSA) is 53.4 Å². The highest BCUT2D eigenvalue weighted by molar-refractivity contribution is 7.09. The maximum absolute atomic E-state index is 11.1. The minimum absolute atomic E-state index is 0.0295. The first-order valence-corrected chi connectivity index (χ1v) is 5.96. The van der Waals surface area contributed by atoms with Crippen molar-refractivity contribution < 1.29 is 9.90 Å². The Morgan fingerprint density at radius 2 is 2.06 bits per heavy atom. The van der Waals surface area contributed by atoms with E-state index in [0.717, 1.165) is 5.01 Å². The Hall–Kier alpha value is -0.940. The fourth-order valence-corrected chi connectivity index (χ4v) is 2.29. The summed E-state index contributed by atoms with van der Waals surface area (Å²) in [6.07, 6.45) is 0. The third kappa shape index (κ3) is 2.80. The first-order valence-electron chi connectivity index (χ1n) is 5.08. The van der Waals surface area contributed by atoms with Gasteiger partial charge in [0.25, 0.3) is 0 Å². The van der Waals surface area contributed by atoms with Gasteiger partial charge >= 0.3 is 5.97 Å². The van der Waals surface area contributed by atoms with Crippen molar-refractivity contribution in [3.8, 4) is 0 Å². The zero-order valence-electron chi connectivity index (χ0n) is 10.3.